The maximum Gasteiger partial charge on any atom is 0.362 e. The van der Waals surface area contributed by atoms with E-state index < -0.39 is 5.63 Å². The second kappa shape index (κ2) is 6.52. The first-order valence-electron chi connectivity index (χ1n) is 9.10. The molecule has 6 heteroatoms. The highest BCUT2D eigenvalue weighted by molar-refractivity contribution is 5.81. The Balaban J connectivity index is 1.67. The van der Waals surface area contributed by atoms with Gasteiger partial charge in [-0.1, -0.05) is 18.2 Å². The highest BCUT2D eigenvalue weighted by Gasteiger charge is 2.25. The van der Waals surface area contributed by atoms with Crippen LogP contribution in [0.5, 0.6) is 0 Å². The van der Waals surface area contributed by atoms with Crippen molar-refractivity contribution in [3.8, 4) is 0 Å². The molecule has 0 spiro atoms. The number of rotatable bonds is 2. The Morgan fingerprint density at radius 3 is 2.62 bits per heavy atom. The number of aromatic nitrogens is 2. The number of hydrogen-bond donors (Lipinski definition) is 0. The molecule has 3 heterocycles. The minimum atomic E-state index is -0.432. The number of para-hydroxylation sites is 1. The third kappa shape index (κ3) is 2.75. The Morgan fingerprint density at radius 2 is 1.88 bits per heavy atom. The number of carbonyl (C=O) groups excluding carboxylic acids is 1. The van der Waals surface area contributed by atoms with Crippen LogP contribution in [0.2, 0.25) is 0 Å². The van der Waals surface area contributed by atoms with E-state index in [1.165, 1.54) is 4.74 Å². The van der Waals surface area contributed by atoms with Gasteiger partial charge in [-0.25, -0.2) is 9.59 Å². The molecule has 3 aromatic rings. The largest absolute Gasteiger partial charge is 0.362 e. The fourth-order valence-electron chi connectivity index (χ4n) is 3.77. The molecular formula is C20H23N3O3. The van der Waals surface area contributed by atoms with Crippen LogP contribution in [0.4, 0.5) is 4.79 Å². The zero-order valence-electron chi connectivity index (χ0n) is 15.2. The lowest BCUT2D eigenvalue weighted by atomic mass is 10.1. The van der Waals surface area contributed by atoms with Crippen LogP contribution in [0.1, 0.15) is 36.2 Å². The molecule has 0 atom stereocenters. The highest BCUT2D eigenvalue weighted by atomic mass is 16.5. The van der Waals surface area contributed by atoms with E-state index in [0.717, 1.165) is 48.9 Å². The first-order chi connectivity index (χ1) is 12.6. The van der Waals surface area contributed by atoms with Gasteiger partial charge in [0.25, 0.3) is 0 Å². The van der Waals surface area contributed by atoms with Crippen molar-refractivity contribution >= 4 is 16.9 Å². The molecule has 0 radical (unpaired) electrons. The lowest BCUT2D eigenvalue weighted by molar-refractivity contribution is 0.155. The van der Waals surface area contributed by atoms with Crippen LogP contribution in [-0.4, -0.2) is 33.3 Å². The number of fused-ring (bicyclic) bond motifs is 1. The highest BCUT2D eigenvalue weighted by Crippen LogP contribution is 2.21. The van der Waals surface area contributed by atoms with Crippen LogP contribution in [0.3, 0.4) is 0 Å². The summed E-state index contributed by atoms with van der Waals surface area (Å²) < 4.78 is 8.56. The van der Waals surface area contributed by atoms with E-state index in [4.69, 9.17) is 4.52 Å². The summed E-state index contributed by atoms with van der Waals surface area (Å²) >= 11 is 0. The normalized spacial score (nSPS) is 14.9. The maximum atomic E-state index is 12.7. The lowest BCUT2D eigenvalue weighted by Crippen LogP contribution is -2.38. The van der Waals surface area contributed by atoms with E-state index in [1.807, 2.05) is 19.2 Å². The second-order valence-electron chi connectivity index (χ2n) is 7.00. The summed E-state index contributed by atoms with van der Waals surface area (Å²) in [4.78, 5) is 26.9. The van der Waals surface area contributed by atoms with Gasteiger partial charge in [-0.2, -0.15) is 0 Å². The fourth-order valence-corrected chi connectivity index (χ4v) is 3.77. The Morgan fingerprint density at radius 1 is 1.15 bits per heavy atom. The molecule has 26 heavy (non-hydrogen) atoms. The van der Waals surface area contributed by atoms with E-state index >= 15 is 0 Å². The van der Waals surface area contributed by atoms with Crippen LogP contribution in [0.15, 0.2) is 39.6 Å². The summed E-state index contributed by atoms with van der Waals surface area (Å²) in [6.45, 7) is 3.22. The SMILES string of the molecule is Cc1c(Cc2cc3ccccc3n2C)c(=O)on1C(=O)N1CCCCC1. The number of nitrogens with zero attached hydrogens (tertiary/aromatic N) is 3. The molecule has 1 aliphatic heterocycles. The van der Waals surface area contributed by atoms with Gasteiger partial charge in [0.2, 0.25) is 0 Å². The number of carbonyl (C=O) groups is 1. The summed E-state index contributed by atoms with van der Waals surface area (Å²) in [6, 6.07) is 9.96. The van der Waals surface area contributed by atoms with Gasteiger partial charge in [0.15, 0.2) is 0 Å². The average Bonchev–Trinajstić information content (AvgIpc) is 3.13. The number of amides is 1. The van der Waals surface area contributed by atoms with E-state index in [2.05, 4.69) is 22.8 Å². The van der Waals surface area contributed by atoms with Crippen molar-refractivity contribution in [1.82, 2.24) is 14.2 Å². The molecule has 1 saturated heterocycles. The van der Waals surface area contributed by atoms with E-state index in [0.29, 0.717) is 17.7 Å². The summed E-state index contributed by atoms with van der Waals surface area (Å²) in [5, 5.41) is 1.14. The van der Waals surface area contributed by atoms with Crippen molar-refractivity contribution in [2.45, 2.75) is 32.6 Å². The fraction of sp³-hybridized carbons (Fsp3) is 0.400. The Labute approximate surface area is 151 Å². The van der Waals surface area contributed by atoms with Gasteiger partial charge in [-0.15, -0.1) is 4.74 Å². The zero-order valence-corrected chi connectivity index (χ0v) is 15.2. The molecule has 136 valence electrons. The summed E-state index contributed by atoms with van der Waals surface area (Å²) in [5.74, 6) is 0. The van der Waals surface area contributed by atoms with E-state index in [-0.39, 0.29) is 6.03 Å². The van der Waals surface area contributed by atoms with Crippen LogP contribution in [-0.2, 0) is 13.5 Å². The van der Waals surface area contributed by atoms with Gasteiger partial charge < -0.3 is 14.0 Å². The summed E-state index contributed by atoms with van der Waals surface area (Å²) in [5.41, 5.74) is 2.84. The standard InChI is InChI=1S/C20H23N3O3/c1-14-17(13-16-12-15-8-4-5-9-18(15)21(16)2)19(24)26-23(14)20(25)22-10-6-3-7-11-22/h4-5,8-9,12H,3,6-7,10-11,13H2,1-2H3. The minimum Gasteiger partial charge on any atom is -0.347 e. The Hall–Kier alpha value is -2.76. The Bertz CT molecular complexity index is 1020. The predicted octanol–water partition coefficient (Wildman–Crippen LogP) is 3.29. The molecule has 4 rings (SSSR count). The molecule has 0 aliphatic carbocycles. The molecular weight excluding hydrogens is 330 g/mol. The van der Waals surface area contributed by atoms with Gasteiger partial charge in [0.05, 0.1) is 11.3 Å². The molecule has 6 nitrogen and oxygen atoms in total. The molecule has 0 saturated carbocycles. The van der Waals surface area contributed by atoms with Gasteiger partial charge in [-0.05, 0) is 43.7 Å². The zero-order chi connectivity index (χ0) is 18.3. The van der Waals surface area contributed by atoms with Crippen molar-refractivity contribution in [3.63, 3.8) is 0 Å². The van der Waals surface area contributed by atoms with Gasteiger partial charge in [0.1, 0.15) is 0 Å². The first-order valence-corrected chi connectivity index (χ1v) is 9.10. The van der Waals surface area contributed by atoms with Crippen LogP contribution in [0, 0.1) is 6.92 Å². The van der Waals surface area contributed by atoms with Crippen LogP contribution < -0.4 is 5.63 Å². The van der Waals surface area contributed by atoms with E-state index in [9.17, 15) is 9.59 Å². The molecule has 0 bridgehead atoms. The minimum absolute atomic E-state index is 0.234. The van der Waals surface area contributed by atoms with Crippen LogP contribution in [0.25, 0.3) is 10.9 Å². The van der Waals surface area contributed by atoms with Gasteiger partial charge in [0, 0.05) is 37.8 Å². The number of benzene rings is 1. The number of piperidine rings is 1. The average molecular weight is 353 g/mol. The molecule has 1 aromatic carbocycles. The molecule has 1 aliphatic rings. The maximum absolute atomic E-state index is 12.7. The van der Waals surface area contributed by atoms with Crippen molar-refractivity contribution < 1.29 is 9.32 Å². The molecule has 0 unspecified atom stereocenters. The van der Waals surface area contributed by atoms with E-state index in [1.54, 1.807) is 11.8 Å². The summed E-state index contributed by atoms with van der Waals surface area (Å²) in [6.07, 6.45) is 3.59. The first kappa shape index (κ1) is 16.7. The van der Waals surface area contributed by atoms with Gasteiger partial charge in [-0.3, -0.25) is 0 Å². The van der Waals surface area contributed by atoms with Crippen molar-refractivity contribution in [2.24, 2.45) is 7.05 Å². The summed E-state index contributed by atoms with van der Waals surface area (Å²) in [7, 11) is 1.99. The van der Waals surface area contributed by atoms with Crippen LogP contribution >= 0.6 is 0 Å². The lowest BCUT2D eigenvalue weighted by Gasteiger charge is -2.26. The third-order valence-corrected chi connectivity index (χ3v) is 5.37. The second-order valence-corrected chi connectivity index (χ2v) is 7.00. The number of likely N-dealkylation sites (tertiary alicyclic amines) is 1. The topological polar surface area (TPSA) is 60.4 Å². The monoisotopic (exact) mass is 353 g/mol. The number of aryl methyl sites for hydroxylation is 1. The molecule has 0 N–H and O–H groups in total. The number of hydrogen-bond acceptors (Lipinski definition) is 3. The predicted molar refractivity (Wildman–Crippen MR) is 99.6 cm³/mol. The van der Waals surface area contributed by atoms with Crippen molar-refractivity contribution in [2.75, 3.05) is 13.1 Å². The third-order valence-electron chi connectivity index (χ3n) is 5.37. The molecule has 1 amide bonds. The molecule has 2 aromatic heterocycles. The molecule has 1 fully saturated rings. The smallest absolute Gasteiger partial charge is 0.347 e. The quantitative estimate of drug-likeness (QED) is 0.710. The van der Waals surface area contributed by atoms with Crippen molar-refractivity contribution in [1.29, 1.82) is 0 Å². The van der Waals surface area contributed by atoms with Crippen molar-refractivity contribution in [3.05, 3.63) is 57.7 Å². The van der Waals surface area contributed by atoms with Gasteiger partial charge >= 0.3 is 11.7 Å². The Kier molecular flexibility index (Phi) is 4.18.